The fraction of sp³-hybridized carbons (Fsp3) is 0.571. The van der Waals surface area contributed by atoms with Crippen LogP contribution >= 0.6 is 11.6 Å². The average molecular weight is 298 g/mol. The van der Waals surface area contributed by atoms with Crippen molar-refractivity contribution in [1.82, 2.24) is 9.88 Å². The summed E-state index contributed by atoms with van der Waals surface area (Å²) in [6.07, 6.45) is 2.56. The van der Waals surface area contributed by atoms with Gasteiger partial charge in [-0.25, -0.2) is 9.78 Å². The third-order valence-corrected chi connectivity index (χ3v) is 4.27. The molecule has 0 spiro atoms. The minimum absolute atomic E-state index is 0.114. The van der Waals surface area contributed by atoms with E-state index < -0.39 is 5.97 Å². The molecular weight excluding hydrogens is 278 g/mol. The normalized spacial score (nSPS) is 18.8. The maximum atomic E-state index is 11.1. The van der Waals surface area contributed by atoms with Crippen LogP contribution in [0.1, 0.15) is 30.6 Å². The van der Waals surface area contributed by atoms with Crippen molar-refractivity contribution >= 4 is 23.4 Å². The van der Waals surface area contributed by atoms with Crippen LogP contribution in [0.3, 0.4) is 0 Å². The van der Waals surface area contributed by atoms with Crippen molar-refractivity contribution in [3.63, 3.8) is 0 Å². The lowest BCUT2D eigenvalue weighted by Gasteiger charge is -2.26. The number of likely N-dealkylation sites (N-methyl/N-ethyl adjacent to an activating group) is 1. The number of anilines is 1. The molecule has 1 saturated heterocycles. The fourth-order valence-electron chi connectivity index (χ4n) is 2.79. The molecule has 1 aromatic heterocycles. The summed E-state index contributed by atoms with van der Waals surface area (Å²) in [5, 5.41) is 9.35. The highest BCUT2D eigenvalue weighted by Crippen LogP contribution is 2.30. The summed E-state index contributed by atoms with van der Waals surface area (Å²) in [7, 11) is 0. The van der Waals surface area contributed by atoms with Gasteiger partial charge in [0.1, 0.15) is 5.82 Å². The molecule has 1 aliphatic heterocycles. The van der Waals surface area contributed by atoms with Crippen LogP contribution < -0.4 is 4.90 Å². The topological polar surface area (TPSA) is 56.7 Å². The van der Waals surface area contributed by atoms with E-state index >= 15 is 0 Å². The molecule has 110 valence electrons. The van der Waals surface area contributed by atoms with E-state index in [0.29, 0.717) is 11.9 Å². The quantitative estimate of drug-likeness (QED) is 0.904. The van der Waals surface area contributed by atoms with Gasteiger partial charge in [0.15, 0.2) is 0 Å². The second-order valence-corrected chi connectivity index (χ2v) is 5.29. The van der Waals surface area contributed by atoms with Gasteiger partial charge in [-0.1, -0.05) is 25.4 Å². The number of carboxylic acids is 1. The molecule has 5 nitrogen and oxygen atoms in total. The van der Waals surface area contributed by atoms with Crippen LogP contribution in [0.15, 0.2) is 12.3 Å². The monoisotopic (exact) mass is 297 g/mol. The highest BCUT2D eigenvalue weighted by Gasteiger charge is 2.29. The zero-order valence-corrected chi connectivity index (χ0v) is 12.6. The average Bonchev–Trinajstić information content (AvgIpc) is 2.89. The third kappa shape index (κ3) is 2.88. The fourth-order valence-corrected chi connectivity index (χ4v) is 3.10. The molecule has 6 heteroatoms. The van der Waals surface area contributed by atoms with Crippen LogP contribution in [-0.2, 0) is 0 Å². The van der Waals surface area contributed by atoms with Gasteiger partial charge >= 0.3 is 5.97 Å². The minimum Gasteiger partial charge on any atom is -0.478 e. The number of rotatable bonds is 5. The van der Waals surface area contributed by atoms with Crippen molar-refractivity contribution in [3.8, 4) is 0 Å². The minimum atomic E-state index is -1.02. The van der Waals surface area contributed by atoms with Gasteiger partial charge in [-0.2, -0.15) is 0 Å². The molecule has 1 aromatic rings. The lowest BCUT2D eigenvalue weighted by molar-refractivity contribution is 0.0697. The molecule has 1 unspecified atom stereocenters. The zero-order chi connectivity index (χ0) is 14.7. The summed E-state index contributed by atoms with van der Waals surface area (Å²) >= 11 is 6.18. The Morgan fingerprint density at radius 1 is 1.55 bits per heavy atom. The maximum Gasteiger partial charge on any atom is 0.337 e. The summed E-state index contributed by atoms with van der Waals surface area (Å²) in [6, 6.07) is 1.92. The van der Waals surface area contributed by atoms with E-state index in [9.17, 15) is 4.79 Å². The summed E-state index contributed by atoms with van der Waals surface area (Å²) in [5.41, 5.74) is 0.114. The first-order valence-electron chi connectivity index (χ1n) is 6.95. The first-order valence-corrected chi connectivity index (χ1v) is 7.33. The summed E-state index contributed by atoms with van der Waals surface area (Å²) in [6.45, 7) is 8.05. The van der Waals surface area contributed by atoms with Gasteiger partial charge in [0.05, 0.1) is 10.6 Å². The molecule has 0 aromatic carbocycles. The second kappa shape index (κ2) is 6.41. The number of hydrogen-bond acceptors (Lipinski definition) is 4. The van der Waals surface area contributed by atoms with Gasteiger partial charge in [0, 0.05) is 25.3 Å². The molecule has 20 heavy (non-hydrogen) atoms. The first-order chi connectivity index (χ1) is 9.58. The van der Waals surface area contributed by atoms with Crippen LogP contribution in [0.2, 0.25) is 5.02 Å². The van der Waals surface area contributed by atoms with E-state index in [2.05, 4.69) is 28.6 Å². The number of aromatic nitrogens is 1. The first kappa shape index (κ1) is 15.1. The lowest BCUT2D eigenvalue weighted by atomic mass is 10.2. The van der Waals surface area contributed by atoms with E-state index in [1.54, 1.807) is 0 Å². The predicted octanol–water partition coefficient (Wildman–Crippen LogP) is 2.35. The molecule has 1 aliphatic rings. The van der Waals surface area contributed by atoms with Crippen LogP contribution in [-0.4, -0.2) is 53.2 Å². The van der Waals surface area contributed by atoms with Gasteiger partial charge in [0.2, 0.25) is 0 Å². The number of carbonyl (C=O) groups is 1. The number of halogens is 1. The van der Waals surface area contributed by atoms with E-state index in [4.69, 9.17) is 16.7 Å². The molecule has 0 amide bonds. The van der Waals surface area contributed by atoms with Gasteiger partial charge in [0.25, 0.3) is 0 Å². The van der Waals surface area contributed by atoms with Crippen molar-refractivity contribution in [2.45, 2.75) is 26.3 Å². The molecule has 2 rings (SSSR count). The SMILES string of the molecule is CCN(CC)C1CCN(c2nccc(C(=O)O)c2Cl)C1. The summed E-state index contributed by atoms with van der Waals surface area (Å²) in [4.78, 5) is 19.9. The van der Waals surface area contributed by atoms with Crippen molar-refractivity contribution in [2.24, 2.45) is 0 Å². The van der Waals surface area contributed by atoms with Crippen molar-refractivity contribution < 1.29 is 9.90 Å². The molecule has 2 heterocycles. The Bertz CT molecular complexity index is 491. The Morgan fingerprint density at radius 2 is 2.25 bits per heavy atom. The molecule has 0 saturated carbocycles. The number of carboxylic acid groups (broad SMARTS) is 1. The third-order valence-electron chi connectivity index (χ3n) is 3.89. The smallest absolute Gasteiger partial charge is 0.337 e. The Balaban J connectivity index is 2.18. The molecule has 1 N–H and O–H groups in total. The Morgan fingerprint density at radius 3 is 2.85 bits per heavy atom. The molecule has 1 fully saturated rings. The van der Waals surface area contributed by atoms with Crippen molar-refractivity contribution in [3.05, 3.63) is 22.8 Å². The maximum absolute atomic E-state index is 11.1. The molecular formula is C14H20ClN3O2. The zero-order valence-electron chi connectivity index (χ0n) is 11.8. The molecule has 0 radical (unpaired) electrons. The Labute approximate surface area is 124 Å². The van der Waals surface area contributed by atoms with E-state index in [1.807, 2.05) is 0 Å². The van der Waals surface area contributed by atoms with Crippen molar-refractivity contribution in [1.29, 1.82) is 0 Å². The second-order valence-electron chi connectivity index (χ2n) is 4.91. The molecule has 0 bridgehead atoms. The summed E-state index contributed by atoms with van der Waals surface area (Å²) < 4.78 is 0. The number of hydrogen-bond donors (Lipinski definition) is 1. The van der Waals surface area contributed by atoms with Gasteiger partial charge < -0.3 is 10.0 Å². The predicted molar refractivity (Wildman–Crippen MR) is 79.7 cm³/mol. The van der Waals surface area contributed by atoms with Crippen LogP contribution in [0.5, 0.6) is 0 Å². The van der Waals surface area contributed by atoms with E-state index in [0.717, 1.165) is 32.6 Å². The number of aromatic carboxylic acids is 1. The highest BCUT2D eigenvalue weighted by molar-refractivity contribution is 6.35. The Kier molecular flexibility index (Phi) is 4.83. The van der Waals surface area contributed by atoms with Crippen LogP contribution in [0, 0.1) is 0 Å². The van der Waals surface area contributed by atoms with E-state index in [1.165, 1.54) is 12.3 Å². The van der Waals surface area contributed by atoms with Crippen LogP contribution in [0.4, 0.5) is 5.82 Å². The lowest BCUT2D eigenvalue weighted by Crippen LogP contribution is -2.37. The summed E-state index contributed by atoms with van der Waals surface area (Å²) in [5.74, 6) is -0.431. The largest absolute Gasteiger partial charge is 0.478 e. The van der Waals surface area contributed by atoms with Gasteiger partial charge in [-0.05, 0) is 25.6 Å². The van der Waals surface area contributed by atoms with E-state index in [-0.39, 0.29) is 10.6 Å². The molecule has 1 atom stereocenters. The Hall–Kier alpha value is -1.33. The standard InChI is InChI=1S/C14H20ClN3O2/c1-3-17(4-2)10-6-8-18(9-10)13-12(15)11(14(19)20)5-7-16-13/h5,7,10H,3-4,6,8-9H2,1-2H3,(H,19,20). The van der Waals surface area contributed by atoms with Gasteiger partial charge in [-0.3, -0.25) is 4.90 Å². The highest BCUT2D eigenvalue weighted by atomic mass is 35.5. The van der Waals surface area contributed by atoms with Crippen LogP contribution in [0.25, 0.3) is 0 Å². The van der Waals surface area contributed by atoms with Crippen molar-refractivity contribution in [2.75, 3.05) is 31.1 Å². The molecule has 0 aliphatic carbocycles. The number of nitrogens with zero attached hydrogens (tertiary/aromatic N) is 3. The number of pyridine rings is 1. The van der Waals surface area contributed by atoms with Gasteiger partial charge in [-0.15, -0.1) is 0 Å².